The minimum absolute atomic E-state index is 0.284. The highest BCUT2D eigenvalue weighted by molar-refractivity contribution is 7.92. The van der Waals surface area contributed by atoms with Crippen LogP contribution in [-0.2, 0) is 9.84 Å². The molecule has 2 nitrogen and oxygen atoms in total. The molecule has 0 amide bonds. The SMILES string of the molecule is C[C@H](/C=C/c1ccccc1)S(=O)(=O)c1ccc(Cl)cc1. The van der Waals surface area contributed by atoms with Gasteiger partial charge in [0.2, 0.25) is 0 Å². The van der Waals surface area contributed by atoms with E-state index in [9.17, 15) is 8.42 Å². The first kappa shape index (κ1) is 14.8. The lowest BCUT2D eigenvalue weighted by Crippen LogP contribution is -2.15. The van der Waals surface area contributed by atoms with Gasteiger partial charge in [-0.25, -0.2) is 8.42 Å². The van der Waals surface area contributed by atoms with E-state index in [-0.39, 0.29) is 4.90 Å². The molecule has 0 aromatic heterocycles. The topological polar surface area (TPSA) is 34.1 Å². The summed E-state index contributed by atoms with van der Waals surface area (Å²) in [5.41, 5.74) is 0.977. The van der Waals surface area contributed by atoms with Gasteiger partial charge < -0.3 is 0 Å². The van der Waals surface area contributed by atoms with E-state index in [1.807, 2.05) is 36.4 Å². The van der Waals surface area contributed by atoms with Crippen LogP contribution in [0.15, 0.2) is 65.6 Å². The molecule has 0 fully saturated rings. The van der Waals surface area contributed by atoms with Gasteiger partial charge in [0.05, 0.1) is 10.1 Å². The lowest BCUT2D eigenvalue weighted by atomic mass is 10.2. The Morgan fingerprint density at radius 1 is 1.00 bits per heavy atom. The van der Waals surface area contributed by atoms with Crippen LogP contribution in [0.25, 0.3) is 6.08 Å². The van der Waals surface area contributed by atoms with Crippen molar-refractivity contribution < 1.29 is 8.42 Å². The first-order valence-corrected chi connectivity index (χ1v) is 8.15. The lowest BCUT2D eigenvalue weighted by molar-refractivity contribution is 0.591. The van der Waals surface area contributed by atoms with Crippen molar-refractivity contribution in [2.45, 2.75) is 17.1 Å². The summed E-state index contributed by atoms with van der Waals surface area (Å²) in [6, 6.07) is 15.8. The number of halogens is 1. The van der Waals surface area contributed by atoms with Crippen LogP contribution in [0.4, 0.5) is 0 Å². The molecule has 2 rings (SSSR count). The summed E-state index contributed by atoms with van der Waals surface area (Å²) in [5, 5.41) is -0.0692. The average Bonchev–Trinajstić information content (AvgIpc) is 2.46. The predicted molar refractivity (Wildman–Crippen MR) is 83.6 cm³/mol. The third-order valence-corrected chi connectivity index (χ3v) is 5.31. The van der Waals surface area contributed by atoms with Crippen molar-refractivity contribution in [3.63, 3.8) is 0 Å². The van der Waals surface area contributed by atoms with Gasteiger partial charge >= 0.3 is 0 Å². The monoisotopic (exact) mass is 306 g/mol. The largest absolute Gasteiger partial charge is 0.223 e. The fourth-order valence-electron chi connectivity index (χ4n) is 1.75. The summed E-state index contributed by atoms with van der Waals surface area (Å²) < 4.78 is 24.7. The summed E-state index contributed by atoms with van der Waals surface area (Å²) in [5.74, 6) is 0. The molecule has 4 heteroatoms. The zero-order valence-electron chi connectivity index (χ0n) is 11.0. The van der Waals surface area contributed by atoms with Crippen molar-refractivity contribution in [2.75, 3.05) is 0 Å². The van der Waals surface area contributed by atoms with Crippen LogP contribution < -0.4 is 0 Å². The highest BCUT2D eigenvalue weighted by atomic mass is 35.5. The fourth-order valence-corrected chi connectivity index (χ4v) is 3.11. The third kappa shape index (κ3) is 3.50. The number of benzene rings is 2. The van der Waals surface area contributed by atoms with E-state index in [4.69, 9.17) is 11.6 Å². The van der Waals surface area contributed by atoms with Gasteiger partial charge in [-0.1, -0.05) is 54.1 Å². The zero-order chi connectivity index (χ0) is 14.6. The van der Waals surface area contributed by atoms with Crippen molar-refractivity contribution >= 4 is 27.5 Å². The van der Waals surface area contributed by atoms with Gasteiger partial charge in [-0.05, 0) is 36.8 Å². The quantitative estimate of drug-likeness (QED) is 0.847. The van der Waals surface area contributed by atoms with Gasteiger partial charge in [-0.15, -0.1) is 0 Å². The summed E-state index contributed by atoms with van der Waals surface area (Å²) in [6.45, 7) is 1.67. The fraction of sp³-hybridized carbons (Fsp3) is 0.125. The van der Waals surface area contributed by atoms with Crippen molar-refractivity contribution in [2.24, 2.45) is 0 Å². The van der Waals surface area contributed by atoms with E-state index in [0.717, 1.165) is 5.56 Å². The zero-order valence-corrected chi connectivity index (χ0v) is 12.6. The Labute approximate surface area is 124 Å². The molecule has 0 saturated heterocycles. The maximum atomic E-state index is 12.4. The van der Waals surface area contributed by atoms with Crippen LogP contribution in [0.1, 0.15) is 12.5 Å². The third-order valence-electron chi connectivity index (χ3n) is 2.99. The average molecular weight is 307 g/mol. The summed E-state index contributed by atoms with van der Waals surface area (Å²) in [7, 11) is -3.37. The van der Waals surface area contributed by atoms with Crippen molar-refractivity contribution in [3.8, 4) is 0 Å². The minimum Gasteiger partial charge on any atom is -0.223 e. The van der Waals surface area contributed by atoms with Gasteiger partial charge in [0, 0.05) is 5.02 Å². The molecule has 2 aromatic rings. The molecule has 0 heterocycles. The molecular weight excluding hydrogens is 292 g/mol. The maximum Gasteiger partial charge on any atom is 0.184 e. The second-order valence-corrected chi connectivity index (χ2v) is 7.22. The van der Waals surface area contributed by atoms with Crippen LogP contribution in [0.3, 0.4) is 0 Å². The molecule has 0 bridgehead atoms. The van der Waals surface area contributed by atoms with E-state index in [1.165, 1.54) is 12.1 Å². The molecule has 0 spiro atoms. The summed E-state index contributed by atoms with van der Waals surface area (Å²) in [4.78, 5) is 0.284. The molecule has 0 radical (unpaired) electrons. The van der Waals surface area contributed by atoms with E-state index in [0.29, 0.717) is 5.02 Å². The first-order chi connectivity index (χ1) is 9.50. The molecular formula is C16H15ClO2S. The minimum atomic E-state index is -3.37. The molecule has 0 unspecified atom stereocenters. The maximum absolute atomic E-state index is 12.4. The number of rotatable bonds is 4. The molecule has 104 valence electrons. The van der Waals surface area contributed by atoms with Crippen molar-refractivity contribution in [1.29, 1.82) is 0 Å². The first-order valence-electron chi connectivity index (χ1n) is 6.23. The molecule has 20 heavy (non-hydrogen) atoms. The molecule has 1 atom stereocenters. The van der Waals surface area contributed by atoms with Crippen LogP contribution in [-0.4, -0.2) is 13.7 Å². The van der Waals surface area contributed by atoms with Gasteiger partial charge in [-0.2, -0.15) is 0 Å². The van der Waals surface area contributed by atoms with Crippen LogP contribution in [0.2, 0.25) is 5.02 Å². The highest BCUT2D eigenvalue weighted by Crippen LogP contribution is 2.20. The molecule has 0 aliphatic heterocycles. The Kier molecular flexibility index (Phi) is 4.63. The highest BCUT2D eigenvalue weighted by Gasteiger charge is 2.20. The normalized spacial score (nSPS) is 13.5. The summed E-state index contributed by atoms with van der Waals surface area (Å²) in [6.07, 6.45) is 3.51. The van der Waals surface area contributed by atoms with E-state index in [1.54, 1.807) is 25.1 Å². The Bertz CT molecular complexity index is 689. The van der Waals surface area contributed by atoms with Crippen LogP contribution in [0, 0.1) is 0 Å². The Hall–Kier alpha value is -1.58. The van der Waals surface area contributed by atoms with Crippen molar-refractivity contribution in [1.82, 2.24) is 0 Å². The van der Waals surface area contributed by atoms with Gasteiger partial charge in [-0.3, -0.25) is 0 Å². The number of hydrogen-bond acceptors (Lipinski definition) is 2. The van der Waals surface area contributed by atoms with E-state index < -0.39 is 15.1 Å². The molecule has 0 saturated carbocycles. The van der Waals surface area contributed by atoms with Gasteiger partial charge in [0.1, 0.15) is 0 Å². The number of hydrogen-bond donors (Lipinski definition) is 0. The Morgan fingerprint density at radius 2 is 1.60 bits per heavy atom. The molecule has 0 aliphatic rings. The van der Waals surface area contributed by atoms with E-state index >= 15 is 0 Å². The molecule has 0 N–H and O–H groups in total. The standard InChI is InChI=1S/C16H15ClO2S/c1-13(7-8-14-5-3-2-4-6-14)20(18,19)16-11-9-15(17)10-12-16/h2-13H,1H3/b8-7+/t13-/m1/s1. The predicted octanol–water partition coefficient (Wildman–Crippen LogP) is 4.22. The van der Waals surface area contributed by atoms with Gasteiger partial charge in [0.25, 0.3) is 0 Å². The smallest absolute Gasteiger partial charge is 0.184 e. The van der Waals surface area contributed by atoms with Crippen LogP contribution in [0.5, 0.6) is 0 Å². The Balaban J connectivity index is 2.21. The van der Waals surface area contributed by atoms with Gasteiger partial charge in [0.15, 0.2) is 9.84 Å². The van der Waals surface area contributed by atoms with Crippen molar-refractivity contribution in [3.05, 3.63) is 71.3 Å². The van der Waals surface area contributed by atoms with Crippen LogP contribution >= 0.6 is 11.6 Å². The second kappa shape index (κ2) is 6.25. The Morgan fingerprint density at radius 3 is 2.20 bits per heavy atom. The summed E-state index contributed by atoms with van der Waals surface area (Å²) >= 11 is 5.77. The second-order valence-electron chi connectivity index (χ2n) is 4.47. The molecule has 0 aliphatic carbocycles. The lowest BCUT2D eigenvalue weighted by Gasteiger charge is -2.09. The number of sulfone groups is 1. The van der Waals surface area contributed by atoms with E-state index in [2.05, 4.69) is 0 Å². The molecule has 2 aromatic carbocycles.